The minimum absolute atomic E-state index is 0. The maximum absolute atomic E-state index is 5.38. The van der Waals surface area contributed by atoms with Crippen molar-refractivity contribution in [3.8, 4) is 17.1 Å². The number of ether oxygens (including phenoxy) is 1. The van der Waals surface area contributed by atoms with Crippen molar-refractivity contribution < 1.29 is 4.74 Å². The van der Waals surface area contributed by atoms with E-state index in [0.717, 1.165) is 39.3 Å². The molecule has 0 aliphatic carbocycles. The molecule has 0 bridgehead atoms. The van der Waals surface area contributed by atoms with Gasteiger partial charge in [0.05, 0.1) is 24.2 Å². The Morgan fingerprint density at radius 2 is 1.92 bits per heavy atom. The van der Waals surface area contributed by atoms with Crippen LogP contribution in [0.5, 0.6) is 5.75 Å². The van der Waals surface area contributed by atoms with Crippen molar-refractivity contribution in [2.24, 2.45) is 0 Å². The molecule has 3 heterocycles. The van der Waals surface area contributed by atoms with Crippen molar-refractivity contribution in [2.75, 3.05) is 12.4 Å². The molecule has 5 nitrogen and oxygen atoms in total. The Kier molecular flexibility index (Phi) is 5.29. The number of benzene rings is 1. The monoisotopic (exact) mass is 430 g/mol. The molecule has 4 aromatic rings. The predicted molar refractivity (Wildman–Crippen MR) is 112 cm³/mol. The number of pyridine rings is 1. The number of imidazole rings is 1. The van der Waals surface area contributed by atoms with Gasteiger partial charge in [0.15, 0.2) is 5.13 Å². The van der Waals surface area contributed by atoms with Gasteiger partial charge in [-0.3, -0.25) is 4.40 Å². The minimum Gasteiger partial charge on any atom is -0.495 e. The summed E-state index contributed by atoms with van der Waals surface area (Å²) in [4.78, 5) is 9.41. The Morgan fingerprint density at radius 3 is 2.73 bits per heavy atom. The number of nitrogens with one attached hydrogen (secondary N) is 1. The first kappa shape index (κ1) is 18.4. The Balaban J connectivity index is 0.00000196. The second-order valence-electron chi connectivity index (χ2n) is 5.84. The van der Waals surface area contributed by atoms with Crippen LogP contribution in [0.2, 0.25) is 0 Å². The van der Waals surface area contributed by atoms with Crippen LogP contribution in [0.25, 0.3) is 17.0 Å². The van der Waals surface area contributed by atoms with Gasteiger partial charge < -0.3 is 10.1 Å². The molecule has 0 fully saturated rings. The number of fused-ring (bicyclic) bond motifs is 1. The molecule has 0 saturated carbocycles. The number of halogens is 1. The minimum atomic E-state index is 0. The molecule has 7 heteroatoms. The number of rotatable bonds is 4. The molecule has 1 aromatic carbocycles. The molecule has 0 spiro atoms. The molecule has 3 aromatic heterocycles. The third-order valence-corrected chi connectivity index (χ3v) is 4.81. The summed E-state index contributed by atoms with van der Waals surface area (Å²) >= 11 is 1.56. The molecule has 0 saturated heterocycles. The SMILES string of the molecule is Br.COc1ccccc1Nc1nc(-c2c(C)nc3cc(C)ccn23)cs1. The van der Waals surface area contributed by atoms with Crippen LogP contribution in [0.15, 0.2) is 48.0 Å². The van der Waals surface area contributed by atoms with Gasteiger partial charge in [0.25, 0.3) is 0 Å². The van der Waals surface area contributed by atoms with Gasteiger partial charge in [0.1, 0.15) is 17.1 Å². The lowest BCUT2D eigenvalue weighted by atomic mass is 10.2. The normalized spacial score (nSPS) is 10.6. The van der Waals surface area contributed by atoms with Crippen LogP contribution in [0.1, 0.15) is 11.3 Å². The fourth-order valence-corrected chi connectivity index (χ4v) is 3.58. The van der Waals surface area contributed by atoms with E-state index < -0.39 is 0 Å². The van der Waals surface area contributed by atoms with Crippen LogP contribution in [-0.4, -0.2) is 21.5 Å². The van der Waals surface area contributed by atoms with Gasteiger partial charge in [-0.15, -0.1) is 28.3 Å². The van der Waals surface area contributed by atoms with Gasteiger partial charge in [0.2, 0.25) is 0 Å². The van der Waals surface area contributed by atoms with E-state index in [-0.39, 0.29) is 17.0 Å². The topological polar surface area (TPSA) is 51.5 Å². The Labute approximate surface area is 166 Å². The van der Waals surface area contributed by atoms with Gasteiger partial charge in [-0.25, -0.2) is 9.97 Å². The molecule has 4 rings (SSSR count). The summed E-state index contributed by atoms with van der Waals surface area (Å²) in [7, 11) is 1.66. The second kappa shape index (κ2) is 7.47. The summed E-state index contributed by atoms with van der Waals surface area (Å²) in [6, 6.07) is 12.0. The van der Waals surface area contributed by atoms with Gasteiger partial charge in [-0.05, 0) is 43.7 Å². The van der Waals surface area contributed by atoms with Crippen LogP contribution in [0.3, 0.4) is 0 Å². The zero-order valence-corrected chi connectivity index (χ0v) is 17.2. The van der Waals surface area contributed by atoms with Crippen molar-refractivity contribution in [3.05, 3.63) is 59.2 Å². The number of para-hydroxylation sites is 2. The molecular weight excluding hydrogens is 412 g/mol. The van der Waals surface area contributed by atoms with E-state index in [9.17, 15) is 0 Å². The van der Waals surface area contributed by atoms with E-state index in [4.69, 9.17) is 9.72 Å². The Bertz CT molecular complexity index is 1060. The highest BCUT2D eigenvalue weighted by Crippen LogP contribution is 2.32. The fraction of sp³-hybridized carbons (Fsp3) is 0.158. The van der Waals surface area contributed by atoms with Crippen molar-refractivity contribution in [1.82, 2.24) is 14.4 Å². The molecular formula is C19H19BrN4OS. The first-order chi connectivity index (χ1) is 12.2. The van der Waals surface area contributed by atoms with E-state index in [0.29, 0.717) is 0 Å². The van der Waals surface area contributed by atoms with Crippen LogP contribution in [0, 0.1) is 13.8 Å². The molecule has 0 radical (unpaired) electrons. The lowest BCUT2D eigenvalue weighted by Gasteiger charge is -2.08. The van der Waals surface area contributed by atoms with Gasteiger partial charge >= 0.3 is 0 Å². The van der Waals surface area contributed by atoms with Gasteiger partial charge in [0, 0.05) is 11.6 Å². The largest absolute Gasteiger partial charge is 0.495 e. The summed E-state index contributed by atoms with van der Waals surface area (Å²) in [5.74, 6) is 0.792. The van der Waals surface area contributed by atoms with Crippen molar-refractivity contribution in [1.29, 1.82) is 0 Å². The number of aromatic nitrogens is 3. The number of anilines is 2. The maximum Gasteiger partial charge on any atom is 0.187 e. The van der Waals surface area contributed by atoms with Gasteiger partial charge in [-0.2, -0.15) is 0 Å². The zero-order chi connectivity index (χ0) is 17.4. The average molecular weight is 431 g/mol. The summed E-state index contributed by atoms with van der Waals surface area (Å²) in [5, 5.41) is 6.21. The molecule has 0 atom stereocenters. The highest BCUT2D eigenvalue weighted by molar-refractivity contribution is 8.93. The van der Waals surface area contributed by atoms with Crippen LogP contribution in [0.4, 0.5) is 10.8 Å². The Hall–Kier alpha value is -2.38. The smallest absolute Gasteiger partial charge is 0.187 e. The maximum atomic E-state index is 5.38. The first-order valence-electron chi connectivity index (χ1n) is 7.97. The number of nitrogens with zero attached hydrogens (tertiary/aromatic N) is 3. The molecule has 26 heavy (non-hydrogen) atoms. The molecule has 0 aliphatic rings. The molecule has 0 aliphatic heterocycles. The van der Waals surface area contributed by atoms with Gasteiger partial charge in [-0.1, -0.05) is 12.1 Å². The Morgan fingerprint density at radius 1 is 1.12 bits per heavy atom. The number of hydrogen-bond acceptors (Lipinski definition) is 5. The van der Waals surface area contributed by atoms with Crippen LogP contribution >= 0.6 is 28.3 Å². The van der Waals surface area contributed by atoms with E-state index in [1.54, 1.807) is 18.4 Å². The third kappa shape index (κ3) is 3.32. The highest BCUT2D eigenvalue weighted by atomic mass is 79.9. The van der Waals surface area contributed by atoms with Crippen molar-refractivity contribution >= 4 is 44.8 Å². The van der Waals surface area contributed by atoms with Crippen LogP contribution in [-0.2, 0) is 0 Å². The first-order valence-corrected chi connectivity index (χ1v) is 8.85. The quantitative estimate of drug-likeness (QED) is 0.470. The number of aryl methyl sites for hydroxylation is 2. The lowest BCUT2D eigenvalue weighted by Crippen LogP contribution is -1.94. The second-order valence-corrected chi connectivity index (χ2v) is 6.70. The number of hydrogen-bond donors (Lipinski definition) is 1. The standard InChI is InChI=1S/C19H18N4OS.BrH/c1-12-8-9-23-17(10-12)20-13(2)18(23)15-11-25-19(22-15)21-14-6-4-5-7-16(14)24-3;/h4-11H,1-3H3,(H,21,22);1H. The summed E-state index contributed by atoms with van der Waals surface area (Å²) in [6.07, 6.45) is 2.05. The molecule has 0 unspecified atom stereocenters. The summed E-state index contributed by atoms with van der Waals surface area (Å²) in [5.41, 5.74) is 5.95. The third-order valence-electron chi connectivity index (χ3n) is 4.05. The highest BCUT2D eigenvalue weighted by Gasteiger charge is 2.15. The zero-order valence-electron chi connectivity index (χ0n) is 14.7. The summed E-state index contributed by atoms with van der Waals surface area (Å²) in [6.45, 7) is 4.09. The fourth-order valence-electron chi connectivity index (χ4n) is 2.88. The molecule has 134 valence electrons. The molecule has 0 amide bonds. The van der Waals surface area contributed by atoms with E-state index in [1.807, 2.05) is 42.8 Å². The van der Waals surface area contributed by atoms with E-state index in [2.05, 4.69) is 33.8 Å². The van der Waals surface area contributed by atoms with Crippen molar-refractivity contribution in [3.63, 3.8) is 0 Å². The number of methoxy groups -OCH3 is 1. The van der Waals surface area contributed by atoms with Crippen molar-refractivity contribution in [2.45, 2.75) is 13.8 Å². The van der Waals surface area contributed by atoms with Crippen LogP contribution < -0.4 is 10.1 Å². The number of thiazole rings is 1. The average Bonchev–Trinajstić information content (AvgIpc) is 3.18. The van der Waals surface area contributed by atoms with E-state index >= 15 is 0 Å². The molecule has 1 N–H and O–H groups in total. The lowest BCUT2D eigenvalue weighted by molar-refractivity contribution is 0.417. The summed E-state index contributed by atoms with van der Waals surface area (Å²) < 4.78 is 7.47. The predicted octanol–water partition coefficient (Wildman–Crippen LogP) is 5.40. The van der Waals surface area contributed by atoms with E-state index in [1.165, 1.54) is 5.56 Å².